The summed E-state index contributed by atoms with van der Waals surface area (Å²) in [7, 11) is -1.75. The van der Waals surface area contributed by atoms with Gasteiger partial charge in [0.05, 0.1) is 18.6 Å². The average Bonchev–Trinajstić information content (AvgIpc) is 2.73. The number of rotatable bonds is 4. The van der Waals surface area contributed by atoms with Crippen molar-refractivity contribution in [3.8, 4) is 11.8 Å². The summed E-state index contributed by atoms with van der Waals surface area (Å²) in [5.41, 5.74) is 1.90. The summed E-state index contributed by atoms with van der Waals surface area (Å²) in [6.07, 6.45) is 0.450. The molecule has 0 saturated carbocycles. The number of nitrogens with one attached hydrogen (secondary N) is 1. The van der Waals surface area contributed by atoms with E-state index in [9.17, 15) is 13.2 Å². The Hall–Kier alpha value is -2.62. The summed E-state index contributed by atoms with van der Waals surface area (Å²) >= 11 is 0. The van der Waals surface area contributed by atoms with Crippen LogP contribution in [0.1, 0.15) is 29.5 Å². The van der Waals surface area contributed by atoms with Crippen molar-refractivity contribution in [1.82, 2.24) is 5.32 Å². The third-order valence-electron chi connectivity index (χ3n) is 4.97. The lowest BCUT2D eigenvalue weighted by atomic mass is 9.92. The van der Waals surface area contributed by atoms with Crippen LogP contribution in [-0.4, -0.2) is 38.5 Å². The molecule has 1 heterocycles. The largest absolute Gasteiger partial charge is 0.468 e. The first-order chi connectivity index (χ1) is 13.4. The maximum atomic E-state index is 12.3. The van der Waals surface area contributed by atoms with Crippen molar-refractivity contribution in [2.75, 3.05) is 18.6 Å². The number of sulfone groups is 1. The van der Waals surface area contributed by atoms with Crippen LogP contribution in [0.15, 0.2) is 54.6 Å². The lowest BCUT2D eigenvalue weighted by molar-refractivity contribution is -0.149. The standard InChI is InChI=1S/C22H23NO4S/c1-27-21(24)22(13-15-28(25,26)16-14-22)23-17-20-11-9-19(10-12-20)8-7-18-5-3-2-4-6-18/h2-6,9-12,23H,13-17H2,1H3. The third kappa shape index (κ3) is 5.00. The van der Waals surface area contributed by atoms with E-state index in [1.807, 2.05) is 54.6 Å². The van der Waals surface area contributed by atoms with E-state index in [1.165, 1.54) is 7.11 Å². The predicted molar refractivity (Wildman–Crippen MR) is 108 cm³/mol. The SMILES string of the molecule is COC(=O)C1(NCc2ccc(C#Cc3ccccc3)cc2)CCS(=O)(=O)CC1. The minimum Gasteiger partial charge on any atom is -0.468 e. The molecule has 1 aliphatic heterocycles. The fourth-order valence-electron chi connectivity index (χ4n) is 3.18. The van der Waals surface area contributed by atoms with Crippen molar-refractivity contribution in [3.63, 3.8) is 0 Å². The van der Waals surface area contributed by atoms with Crippen molar-refractivity contribution in [2.45, 2.75) is 24.9 Å². The first kappa shape index (κ1) is 20.1. The van der Waals surface area contributed by atoms with Gasteiger partial charge in [-0.05, 0) is 42.7 Å². The van der Waals surface area contributed by atoms with Gasteiger partial charge in [-0.15, -0.1) is 0 Å². The second kappa shape index (κ2) is 8.59. The molecule has 146 valence electrons. The topological polar surface area (TPSA) is 72.5 Å². The Kier molecular flexibility index (Phi) is 6.18. The summed E-state index contributed by atoms with van der Waals surface area (Å²) in [4.78, 5) is 12.3. The molecule has 1 N–H and O–H groups in total. The smallest absolute Gasteiger partial charge is 0.326 e. The highest BCUT2D eigenvalue weighted by molar-refractivity contribution is 7.91. The van der Waals surface area contributed by atoms with Gasteiger partial charge in [-0.25, -0.2) is 8.42 Å². The van der Waals surface area contributed by atoms with Gasteiger partial charge in [-0.3, -0.25) is 10.1 Å². The molecule has 6 heteroatoms. The van der Waals surface area contributed by atoms with Crippen LogP contribution in [0.5, 0.6) is 0 Å². The summed E-state index contributed by atoms with van der Waals surface area (Å²) in [6.45, 7) is 0.446. The number of hydrogen-bond donors (Lipinski definition) is 1. The molecule has 2 aromatic carbocycles. The number of benzene rings is 2. The second-order valence-corrected chi connectivity index (χ2v) is 9.20. The molecule has 1 saturated heterocycles. The Morgan fingerprint density at radius 1 is 1.00 bits per heavy atom. The molecule has 1 fully saturated rings. The third-order valence-corrected chi connectivity index (χ3v) is 6.62. The van der Waals surface area contributed by atoms with Gasteiger partial charge in [0.25, 0.3) is 0 Å². The number of carbonyl (C=O) groups excluding carboxylic acids is 1. The predicted octanol–water partition coefficient (Wildman–Crippen LogP) is 2.30. The molecular weight excluding hydrogens is 374 g/mol. The zero-order valence-electron chi connectivity index (χ0n) is 15.8. The molecule has 0 aliphatic carbocycles. The molecule has 0 radical (unpaired) electrons. The fourth-order valence-corrected chi connectivity index (χ4v) is 4.70. The van der Waals surface area contributed by atoms with Gasteiger partial charge in [0, 0.05) is 17.7 Å². The van der Waals surface area contributed by atoms with Gasteiger partial charge in [-0.1, -0.05) is 42.2 Å². The highest BCUT2D eigenvalue weighted by Crippen LogP contribution is 2.26. The van der Waals surface area contributed by atoms with E-state index in [4.69, 9.17) is 4.74 Å². The minimum atomic E-state index is -3.08. The molecule has 0 unspecified atom stereocenters. The van der Waals surface area contributed by atoms with Crippen molar-refractivity contribution >= 4 is 15.8 Å². The first-order valence-corrected chi connectivity index (χ1v) is 10.9. The Bertz CT molecular complexity index is 972. The highest BCUT2D eigenvalue weighted by Gasteiger charge is 2.44. The Balaban J connectivity index is 1.66. The molecule has 3 rings (SSSR count). The van der Waals surface area contributed by atoms with E-state index in [2.05, 4.69) is 17.2 Å². The molecule has 1 aliphatic rings. The zero-order valence-corrected chi connectivity index (χ0v) is 16.6. The Morgan fingerprint density at radius 2 is 1.57 bits per heavy atom. The fraction of sp³-hybridized carbons (Fsp3) is 0.318. The van der Waals surface area contributed by atoms with Crippen LogP contribution < -0.4 is 5.32 Å². The van der Waals surface area contributed by atoms with Gasteiger partial charge in [0.2, 0.25) is 0 Å². The number of ether oxygens (including phenoxy) is 1. The maximum Gasteiger partial charge on any atom is 0.326 e. The second-order valence-electron chi connectivity index (χ2n) is 6.89. The van der Waals surface area contributed by atoms with Gasteiger partial charge >= 0.3 is 5.97 Å². The van der Waals surface area contributed by atoms with Crippen LogP contribution in [-0.2, 0) is 25.9 Å². The van der Waals surface area contributed by atoms with Crippen LogP contribution in [0.25, 0.3) is 0 Å². The van der Waals surface area contributed by atoms with Crippen LogP contribution in [0.2, 0.25) is 0 Å². The van der Waals surface area contributed by atoms with Crippen molar-refractivity contribution < 1.29 is 17.9 Å². The molecule has 0 amide bonds. The van der Waals surface area contributed by atoms with Crippen LogP contribution in [0, 0.1) is 11.8 Å². The molecular formula is C22H23NO4S. The van der Waals surface area contributed by atoms with Gasteiger partial charge in [0.15, 0.2) is 0 Å². The van der Waals surface area contributed by atoms with E-state index in [0.717, 1.165) is 16.7 Å². The van der Waals surface area contributed by atoms with Crippen LogP contribution in [0.3, 0.4) is 0 Å². The first-order valence-electron chi connectivity index (χ1n) is 9.12. The molecule has 28 heavy (non-hydrogen) atoms. The van der Waals surface area contributed by atoms with E-state index < -0.39 is 21.3 Å². The van der Waals surface area contributed by atoms with Gasteiger partial charge in [-0.2, -0.15) is 0 Å². The van der Waals surface area contributed by atoms with E-state index in [0.29, 0.717) is 6.54 Å². The summed E-state index contributed by atoms with van der Waals surface area (Å²) in [5.74, 6) is 5.81. The highest BCUT2D eigenvalue weighted by atomic mass is 32.2. The van der Waals surface area contributed by atoms with Crippen molar-refractivity contribution in [3.05, 3.63) is 71.3 Å². The van der Waals surface area contributed by atoms with Crippen molar-refractivity contribution in [1.29, 1.82) is 0 Å². The number of hydrogen-bond acceptors (Lipinski definition) is 5. The van der Waals surface area contributed by atoms with Crippen LogP contribution in [0.4, 0.5) is 0 Å². The molecule has 0 atom stereocenters. The minimum absolute atomic E-state index is 0.0108. The molecule has 5 nitrogen and oxygen atoms in total. The number of esters is 1. The van der Waals surface area contributed by atoms with E-state index in [-0.39, 0.29) is 24.3 Å². The lowest BCUT2D eigenvalue weighted by Crippen LogP contribution is -2.56. The maximum absolute atomic E-state index is 12.3. The lowest BCUT2D eigenvalue weighted by Gasteiger charge is -2.35. The summed E-state index contributed by atoms with van der Waals surface area (Å²) < 4.78 is 28.4. The molecule has 0 bridgehead atoms. The summed E-state index contributed by atoms with van der Waals surface area (Å²) in [6, 6.07) is 17.5. The van der Waals surface area contributed by atoms with E-state index in [1.54, 1.807) is 0 Å². The molecule has 0 spiro atoms. The quantitative estimate of drug-likeness (QED) is 0.633. The monoisotopic (exact) mass is 397 g/mol. The molecule has 0 aromatic heterocycles. The van der Waals surface area contributed by atoms with E-state index >= 15 is 0 Å². The zero-order chi connectivity index (χ0) is 20.0. The normalized spacial score (nSPS) is 17.2. The number of carbonyl (C=O) groups is 1. The molecule has 2 aromatic rings. The Labute approximate surface area is 166 Å². The van der Waals surface area contributed by atoms with Crippen molar-refractivity contribution in [2.24, 2.45) is 0 Å². The van der Waals surface area contributed by atoms with Gasteiger partial charge in [0.1, 0.15) is 15.4 Å². The van der Waals surface area contributed by atoms with Crippen LogP contribution >= 0.6 is 0 Å². The van der Waals surface area contributed by atoms with Gasteiger partial charge < -0.3 is 4.74 Å². The number of methoxy groups -OCH3 is 1. The summed E-state index contributed by atoms with van der Waals surface area (Å²) in [5, 5.41) is 3.24. The Morgan fingerprint density at radius 3 is 2.14 bits per heavy atom. The average molecular weight is 397 g/mol.